The van der Waals surface area contributed by atoms with Crippen LogP contribution in [0.5, 0.6) is 0 Å². The van der Waals surface area contributed by atoms with E-state index in [1.165, 1.54) is 37.1 Å². The molecule has 1 fully saturated rings. The molecule has 2 heterocycles. The molecule has 0 saturated carbocycles. The molecule has 1 aromatic rings. The van der Waals surface area contributed by atoms with Crippen LogP contribution in [0.2, 0.25) is 0 Å². The van der Waals surface area contributed by atoms with E-state index in [1.54, 1.807) is 0 Å². The van der Waals surface area contributed by atoms with Crippen LogP contribution in [-0.4, -0.2) is 30.6 Å². The number of anilines is 1. The third-order valence-electron chi connectivity index (χ3n) is 4.43. The predicted octanol–water partition coefficient (Wildman–Crippen LogP) is 1.94. The topological polar surface area (TPSA) is 41.3 Å². The second kappa shape index (κ2) is 4.90. The van der Waals surface area contributed by atoms with Crippen LogP contribution in [0.25, 0.3) is 0 Å². The average Bonchev–Trinajstić information content (AvgIpc) is 2.39. The number of nitrogens with two attached hydrogens (primary N) is 1. The molecule has 3 rings (SSSR count). The fourth-order valence-corrected chi connectivity index (χ4v) is 3.55. The Bertz CT molecular complexity index is 424. The summed E-state index contributed by atoms with van der Waals surface area (Å²) < 4.78 is 0. The van der Waals surface area contributed by atoms with Crippen molar-refractivity contribution < 1.29 is 0 Å². The summed E-state index contributed by atoms with van der Waals surface area (Å²) in [6.45, 7) is 6.88. The van der Waals surface area contributed by atoms with Gasteiger partial charge in [-0.2, -0.15) is 0 Å². The third kappa shape index (κ3) is 2.13. The lowest BCUT2D eigenvalue weighted by Gasteiger charge is -2.40. The van der Waals surface area contributed by atoms with Gasteiger partial charge in [0.1, 0.15) is 0 Å². The Kier molecular flexibility index (Phi) is 3.27. The predicted molar refractivity (Wildman–Crippen MR) is 75.6 cm³/mol. The van der Waals surface area contributed by atoms with Crippen molar-refractivity contribution in [1.82, 2.24) is 10.2 Å². The molecule has 0 amide bonds. The Morgan fingerprint density at radius 2 is 2.06 bits per heavy atom. The van der Waals surface area contributed by atoms with Gasteiger partial charge in [0.05, 0.1) is 0 Å². The number of benzene rings is 1. The van der Waals surface area contributed by atoms with Gasteiger partial charge in [-0.05, 0) is 49.0 Å². The molecule has 3 heteroatoms. The summed E-state index contributed by atoms with van der Waals surface area (Å²) in [5, 5.41) is 3.45. The smallest absolute Gasteiger partial charge is 0.0353 e. The zero-order valence-corrected chi connectivity index (χ0v) is 11.2. The van der Waals surface area contributed by atoms with Gasteiger partial charge in [0.25, 0.3) is 0 Å². The first-order valence-electron chi connectivity index (χ1n) is 7.07. The van der Waals surface area contributed by atoms with E-state index in [-0.39, 0.29) is 0 Å². The minimum Gasteiger partial charge on any atom is -0.398 e. The normalized spacial score (nSPS) is 25.9. The van der Waals surface area contributed by atoms with Gasteiger partial charge in [-0.25, -0.2) is 0 Å². The average molecular weight is 245 g/mol. The van der Waals surface area contributed by atoms with Crippen molar-refractivity contribution in [2.45, 2.75) is 38.3 Å². The Morgan fingerprint density at radius 3 is 2.83 bits per heavy atom. The molecule has 2 aliphatic rings. The monoisotopic (exact) mass is 245 g/mol. The van der Waals surface area contributed by atoms with Crippen LogP contribution >= 0.6 is 0 Å². The van der Waals surface area contributed by atoms with Crippen molar-refractivity contribution in [1.29, 1.82) is 0 Å². The van der Waals surface area contributed by atoms with E-state index in [9.17, 15) is 0 Å². The number of nitrogens with one attached hydrogen (secondary N) is 1. The Balaban J connectivity index is 1.82. The van der Waals surface area contributed by atoms with Gasteiger partial charge < -0.3 is 11.1 Å². The summed E-state index contributed by atoms with van der Waals surface area (Å²) in [5.41, 5.74) is 9.93. The molecule has 1 saturated heterocycles. The molecule has 1 unspecified atom stereocenters. The quantitative estimate of drug-likeness (QED) is 0.743. The molecule has 0 radical (unpaired) electrons. The molecule has 3 N–H and O–H groups in total. The summed E-state index contributed by atoms with van der Waals surface area (Å²) >= 11 is 0. The fraction of sp³-hybridized carbons (Fsp3) is 0.600. The lowest BCUT2D eigenvalue weighted by Crippen LogP contribution is -2.46. The highest BCUT2D eigenvalue weighted by molar-refractivity contribution is 5.53. The van der Waals surface area contributed by atoms with Crippen LogP contribution in [-0.2, 0) is 6.54 Å². The first kappa shape index (κ1) is 12.0. The number of nitrogen functional groups attached to an aromatic ring is 1. The Morgan fingerprint density at radius 1 is 1.28 bits per heavy atom. The Labute approximate surface area is 109 Å². The fourth-order valence-electron chi connectivity index (χ4n) is 3.55. The first-order valence-corrected chi connectivity index (χ1v) is 7.07. The third-order valence-corrected chi connectivity index (χ3v) is 4.43. The van der Waals surface area contributed by atoms with Crippen molar-refractivity contribution in [2.75, 3.05) is 25.4 Å². The molecule has 98 valence electrons. The van der Waals surface area contributed by atoms with Crippen LogP contribution in [0.15, 0.2) is 18.2 Å². The van der Waals surface area contributed by atoms with Crippen LogP contribution in [0.3, 0.4) is 0 Å². The molecule has 1 atom stereocenters. The van der Waals surface area contributed by atoms with Crippen LogP contribution in [0.4, 0.5) is 5.69 Å². The molecule has 0 spiro atoms. The van der Waals surface area contributed by atoms with E-state index in [0.29, 0.717) is 5.92 Å². The van der Waals surface area contributed by atoms with Crippen molar-refractivity contribution >= 4 is 5.69 Å². The van der Waals surface area contributed by atoms with Gasteiger partial charge in [0.15, 0.2) is 0 Å². The second-order valence-electron chi connectivity index (χ2n) is 5.73. The van der Waals surface area contributed by atoms with E-state index in [1.807, 2.05) is 6.07 Å². The van der Waals surface area contributed by atoms with E-state index in [0.717, 1.165) is 24.8 Å². The molecule has 1 aromatic carbocycles. The number of hydrogen-bond acceptors (Lipinski definition) is 3. The van der Waals surface area contributed by atoms with Crippen LogP contribution < -0.4 is 11.1 Å². The maximum absolute atomic E-state index is 6.13. The van der Waals surface area contributed by atoms with Crippen molar-refractivity contribution in [3.8, 4) is 0 Å². The summed E-state index contributed by atoms with van der Waals surface area (Å²) in [7, 11) is 0. The molecular formula is C15H23N3. The molecule has 3 nitrogen and oxygen atoms in total. The summed E-state index contributed by atoms with van der Waals surface area (Å²) in [4.78, 5) is 2.66. The molecule has 0 aliphatic carbocycles. The maximum Gasteiger partial charge on any atom is 0.0353 e. The van der Waals surface area contributed by atoms with E-state index >= 15 is 0 Å². The first-order chi connectivity index (χ1) is 8.75. The highest BCUT2D eigenvalue weighted by Crippen LogP contribution is 2.34. The van der Waals surface area contributed by atoms with Gasteiger partial charge in [0.2, 0.25) is 0 Å². The number of fused-ring (bicyclic) bond motifs is 1. The number of hydrogen-bond donors (Lipinski definition) is 2. The van der Waals surface area contributed by atoms with Gasteiger partial charge in [-0.15, -0.1) is 0 Å². The molecule has 18 heavy (non-hydrogen) atoms. The standard InChI is InChI=1S/C15H23N3/c1-11-9-18(13-5-7-17-8-6-13)10-12-3-2-4-14(16)15(11)12/h2-4,11,13,17H,5-10,16H2,1H3. The van der Waals surface area contributed by atoms with E-state index < -0.39 is 0 Å². The van der Waals surface area contributed by atoms with Crippen molar-refractivity contribution in [3.63, 3.8) is 0 Å². The highest BCUT2D eigenvalue weighted by Gasteiger charge is 2.29. The van der Waals surface area contributed by atoms with Crippen LogP contribution in [0.1, 0.15) is 36.8 Å². The second-order valence-corrected chi connectivity index (χ2v) is 5.73. The number of nitrogens with zero attached hydrogens (tertiary/aromatic N) is 1. The molecule has 2 aliphatic heterocycles. The van der Waals surface area contributed by atoms with Crippen molar-refractivity contribution in [2.24, 2.45) is 0 Å². The molecule has 0 aromatic heterocycles. The minimum atomic E-state index is 0.560. The van der Waals surface area contributed by atoms with Gasteiger partial charge in [-0.1, -0.05) is 19.1 Å². The SMILES string of the molecule is CC1CN(C2CCNCC2)Cc2cccc(N)c21. The highest BCUT2D eigenvalue weighted by atomic mass is 15.2. The maximum atomic E-state index is 6.13. The zero-order chi connectivity index (χ0) is 12.5. The zero-order valence-electron chi connectivity index (χ0n) is 11.2. The minimum absolute atomic E-state index is 0.560. The largest absolute Gasteiger partial charge is 0.398 e. The summed E-state index contributed by atoms with van der Waals surface area (Å²) in [5.74, 6) is 0.560. The molecular weight excluding hydrogens is 222 g/mol. The van der Waals surface area contributed by atoms with Gasteiger partial charge in [-0.3, -0.25) is 4.90 Å². The summed E-state index contributed by atoms with van der Waals surface area (Å²) in [6.07, 6.45) is 2.56. The number of piperidine rings is 1. The summed E-state index contributed by atoms with van der Waals surface area (Å²) in [6, 6.07) is 7.13. The Hall–Kier alpha value is -1.06. The van der Waals surface area contributed by atoms with Gasteiger partial charge in [0, 0.05) is 24.8 Å². The van der Waals surface area contributed by atoms with Crippen molar-refractivity contribution in [3.05, 3.63) is 29.3 Å². The number of rotatable bonds is 1. The van der Waals surface area contributed by atoms with E-state index in [2.05, 4.69) is 29.3 Å². The van der Waals surface area contributed by atoms with E-state index in [4.69, 9.17) is 5.73 Å². The molecule has 0 bridgehead atoms. The lowest BCUT2D eigenvalue weighted by atomic mass is 9.88. The lowest BCUT2D eigenvalue weighted by molar-refractivity contribution is 0.136. The van der Waals surface area contributed by atoms with Crippen LogP contribution in [0, 0.1) is 0 Å². The van der Waals surface area contributed by atoms with Gasteiger partial charge >= 0.3 is 0 Å².